The summed E-state index contributed by atoms with van der Waals surface area (Å²) in [6, 6.07) is 22.0. The van der Waals surface area contributed by atoms with E-state index in [9.17, 15) is 9.18 Å². The first-order chi connectivity index (χ1) is 14.7. The van der Waals surface area contributed by atoms with E-state index in [0.29, 0.717) is 11.6 Å². The first-order valence-electron chi connectivity index (χ1n) is 9.20. The van der Waals surface area contributed by atoms with Gasteiger partial charge in [-0.3, -0.25) is 0 Å². The first-order valence-corrected chi connectivity index (χ1v) is 9.20. The number of halogens is 1. The Morgan fingerprint density at radius 1 is 0.867 bits per heavy atom. The average Bonchev–Trinajstić information content (AvgIpc) is 3.27. The maximum absolute atomic E-state index is 13.0. The van der Waals surface area contributed by atoms with Crippen molar-refractivity contribution in [2.75, 3.05) is 0 Å². The number of rotatable bonds is 7. The number of nitrogens with zero attached hydrogens (tertiary/aromatic N) is 2. The molecule has 0 aliphatic rings. The molecule has 4 rings (SSSR count). The summed E-state index contributed by atoms with van der Waals surface area (Å²) in [5.41, 5.74) is 1.82. The van der Waals surface area contributed by atoms with Gasteiger partial charge in [-0.15, -0.1) is 10.2 Å². The second-order valence-electron chi connectivity index (χ2n) is 6.35. The standard InChI is InChI=1S/C23H17FN2O4/c24-18-12-10-16(11-13-18)14-28-20-9-5-4-8-19(20)23(27)29-15-21-25-26-22(30-21)17-6-2-1-3-7-17/h1-13H,14-15H2. The fourth-order valence-corrected chi connectivity index (χ4v) is 2.72. The normalized spacial score (nSPS) is 10.6. The van der Waals surface area contributed by atoms with Crippen LogP contribution in [0.5, 0.6) is 5.75 Å². The molecule has 4 aromatic rings. The second kappa shape index (κ2) is 9.00. The van der Waals surface area contributed by atoms with Crippen molar-refractivity contribution in [3.63, 3.8) is 0 Å². The Morgan fingerprint density at radius 3 is 2.40 bits per heavy atom. The lowest BCUT2D eigenvalue weighted by Gasteiger charge is -2.10. The minimum Gasteiger partial charge on any atom is -0.488 e. The minimum atomic E-state index is -0.579. The van der Waals surface area contributed by atoms with Gasteiger partial charge in [0.15, 0.2) is 6.61 Å². The molecule has 3 aromatic carbocycles. The van der Waals surface area contributed by atoms with Crippen LogP contribution in [0, 0.1) is 5.82 Å². The molecule has 0 atom stereocenters. The van der Waals surface area contributed by atoms with E-state index in [4.69, 9.17) is 13.9 Å². The SMILES string of the molecule is O=C(OCc1nnc(-c2ccccc2)o1)c1ccccc1OCc1ccc(F)cc1. The quantitative estimate of drug-likeness (QED) is 0.412. The highest BCUT2D eigenvalue weighted by Gasteiger charge is 2.16. The van der Waals surface area contributed by atoms with E-state index in [2.05, 4.69) is 10.2 Å². The largest absolute Gasteiger partial charge is 0.488 e. The summed E-state index contributed by atoms with van der Waals surface area (Å²) in [7, 11) is 0. The highest BCUT2D eigenvalue weighted by Crippen LogP contribution is 2.22. The molecule has 0 aliphatic carbocycles. The second-order valence-corrected chi connectivity index (χ2v) is 6.35. The number of aromatic nitrogens is 2. The van der Waals surface area contributed by atoms with Gasteiger partial charge in [-0.1, -0.05) is 42.5 Å². The monoisotopic (exact) mass is 404 g/mol. The summed E-state index contributed by atoms with van der Waals surface area (Å²) in [5.74, 6) is 0.00210. The number of para-hydroxylation sites is 1. The third kappa shape index (κ3) is 4.70. The van der Waals surface area contributed by atoms with Gasteiger partial charge in [0.25, 0.3) is 5.89 Å². The summed E-state index contributed by atoms with van der Waals surface area (Å²) < 4.78 is 29.6. The smallest absolute Gasteiger partial charge is 0.342 e. The van der Waals surface area contributed by atoms with E-state index < -0.39 is 5.97 Å². The molecule has 0 bridgehead atoms. The van der Waals surface area contributed by atoms with E-state index in [1.54, 1.807) is 36.4 Å². The zero-order chi connectivity index (χ0) is 20.8. The van der Waals surface area contributed by atoms with Crippen LogP contribution in [0.2, 0.25) is 0 Å². The molecule has 0 amide bonds. The lowest BCUT2D eigenvalue weighted by molar-refractivity contribution is 0.0433. The lowest BCUT2D eigenvalue weighted by atomic mass is 10.2. The van der Waals surface area contributed by atoms with Crippen molar-refractivity contribution in [3.05, 3.63) is 102 Å². The Hall–Kier alpha value is -4.00. The molecule has 0 spiro atoms. The van der Waals surface area contributed by atoms with Crippen LogP contribution >= 0.6 is 0 Å². The number of carbonyl (C=O) groups is 1. The number of esters is 1. The van der Waals surface area contributed by atoms with Gasteiger partial charge in [-0.2, -0.15) is 0 Å². The van der Waals surface area contributed by atoms with Crippen molar-refractivity contribution in [1.82, 2.24) is 10.2 Å². The minimum absolute atomic E-state index is 0.162. The molecule has 0 fully saturated rings. The Balaban J connectivity index is 1.39. The number of carbonyl (C=O) groups excluding carboxylic acids is 1. The molecular formula is C23H17FN2O4. The van der Waals surface area contributed by atoms with Crippen LogP contribution in [-0.4, -0.2) is 16.2 Å². The molecule has 6 nitrogen and oxygen atoms in total. The topological polar surface area (TPSA) is 74.5 Å². The van der Waals surface area contributed by atoms with Crippen LogP contribution in [0.15, 0.2) is 83.3 Å². The number of hydrogen-bond acceptors (Lipinski definition) is 6. The zero-order valence-corrected chi connectivity index (χ0v) is 15.8. The highest BCUT2D eigenvalue weighted by molar-refractivity contribution is 5.92. The summed E-state index contributed by atoms with van der Waals surface area (Å²) in [5, 5.41) is 7.87. The predicted octanol–water partition coefficient (Wildman–Crippen LogP) is 4.81. The van der Waals surface area contributed by atoms with Crippen LogP contribution in [0.25, 0.3) is 11.5 Å². The molecule has 0 unspecified atom stereocenters. The molecule has 0 saturated carbocycles. The number of hydrogen-bond donors (Lipinski definition) is 0. The number of ether oxygens (including phenoxy) is 2. The zero-order valence-electron chi connectivity index (χ0n) is 15.8. The Bertz CT molecular complexity index is 1130. The highest BCUT2D eigenvalue weighted by atomic mass is 19.1. The molecule has 1 aromatic heterocycles. The molecule has 0 saturated heterocycles. The van der Waals surface area contributed by atoms with Crippen LogP contribution < -0.4 is 4.74 Å². The molecular weight excluding hydrogens is 387 g/mol. The molecule has 7 heteroatoms. The number of benzene rings is 3. The summed E-state index contributed by atoms with van der Waals surface area (Å²) >= 11 is 0. The Labute approximate surface area is 171 Å². The Morgan fingerprint density at radius 2 is 1.60 bits per heavy atom. The van der Waals surface area contributed by atoms with E-state index >= 15 is 0 Å². The van der Waals surface area contributed by atoms with Crippen molar-refractivity contribution >= 4 is 5.97 Å². The summed E-state index contributed by atoms with van der Waals surface area (Å²) in [4.78, 5) is 12.5. The Kier molecular flexibility index (Phi) is 5.80. The van der Waals surface area contributed by atoms with Crippen LogP contribution in [0.1, 0.15) is 21.8 Å². The molecule has 30 heavy (non-hydrogen) atoms. The maximum atomic E-state index is 13.0. The van der Waals surface area contributed by atoms with E-state index in [-0.39, 0.29) is 30.5 Å². The van der Waals surface area contributed by atoms with Gasteiger partial charge in [-0.25, -0.2) is 9.18 Å². The van der Waals surface area contributed by atoms with Gasteiger partial charge in [0.2, 0.25) is 5.89 Å². The maximum Gasteiger partial charge on any atom is 0.342 e. The molecule has 1 heterocycles. The molecule has 0 radical (unpaired) electrons. The van der Waals surface area contributed by atoms with Crippen molar-refractivity contribution in [2.45, 2.75) is 13.2 Å². The van der Waals surface area contributed by atoms with Gasteiger partial charge in [-0.05, 0) is 42.0 Å². The molecule has 150 valence electrons. The third-order valence-electron chi connectivity index (χ3n) is 4.23. The summed E-state index contributed by atoms with van der Waals surface area (Å²) in [6.45, 7) is 0.0274. The van der Waals surface area contributed by atoms with Crippen LogP contribution in [-0.2, 0) is 18.0 Å². The lowest BCUT2D eigenvalue weighted by Crippen LogP contribution is -2.08. The van der Waals surface area contributed by atoms with Crippen molar-refractivity contribution in [3.8, 4) is 17.2 Å². The van der Waals surface area contributed by atoms with E-state index in [1.807, 2.05) is 30.3 Å². The van der Waals surface area contributed by atoms with Crippen LogP contribution in [0.4, 0.5) is 4.39 Å². The molecule has 0 aliphatic heterocycles. The first kappa shape index (κ1) is 19.3. The molecule has 0 N–H and O–H groups in total. The third-order valence-corrected chi connectivity index (χ3v) is 4.23. The van der Waals surface area contributed by atoms with Crippen molar-refractivity contribution in [2.24, 2.45) is 0 Å². The van der Waals surface area contributed by atoms with Crippen molar-refractivity contribution < 1.29 is 23.1 Å². The van der Waals surface area contributed by atoms with Gasteiger partial charge in [0.1, 0.15) is 23.7 Å². The summed E-state index contributed by atoms with van der Waals surface area (Å²) in [6.07, 6.45) is 0. The van der Waals surface area contributed by atoms with Gasteiger partial charge in [0, 0.05) is 5.56 Å². The van der Waals surface area contributed by atoms with E-state index in [1.165, 1.54) is 12.1 Å². The van der Waals surface area contributed by atoms with Gasteiger partial charge < -0.3 is 13.9 Å². The van der Waals surface area contributed by atoms with E-state index in [0.717, 1.165) is 11.1 Å². The predicted molar refractivity (Wildman–Crippen MR) is 106 cm³/mol. The fraction of sp³-hybridized carbons (Fsp3) is 0.0870. The van der Waals surface area contributed by atoms with Gasteiger partial charge in [0.05, 0.1) is 0 Å². The van der Waals surface area contributed by atoms with Crippen molar-refractivity contribution in [1.29, 1.82) is 0 Å². The van der Waals surface area contributed by atoms with Crippen LogP contribution in [0.3, 0.4) is 0 Å². The van der Waals surface area contributed by atoms with Gasteiger partial charge >= 0.3 is 5.97 Å². The fourth-order valence-electron chi connectivity index (χ4n) is 2.72. The average molecular weight is 404 g/mol.